The largest absolute Gasteiger partial charge is 0.452 e. The summed E-state index contributed by atoms with van der Waals surface area (Å²) >= 11 is 0. The first-order valence-corrected chi connectivity index (χ1v) is 9.21. The van der Waals surface area contributed by atoms with E-state index in [0.717, 1.165) is 31.2 Å². The number of ketones is 1. The van der Waals surface area contributed by atoms with Crippen molar-refractivity contribution < 1.29 is 19.1 Å². The number of nitrogens with one attached hydrogen (secondary N) is 1. The van der Waals surface area contributed by atoms with Gasteiger partial charge in [0, 0.05) is 17.2 Å². The van der Waals surface area contributed by atoms with E-state index in [1.807, 2.05) is 19.1 Å². The Morgan fingerprint density at radius 1 is 0.963 bits per heavy atom. The van der Waals surface area contributed by atoms with Gasteiger partial charge in [0.2, 0.25) is 0 Å². The number of hydrogen-bond acceptors (Lipinski definition) is 4. The van der Waals surface area contributed by atoms with Crippen LogP contribution in [0.25, 0.3) is 0 Å². The topological polar surface area (TPSA) is 72.5 Å². The van der Waals surface area contributed by atoms with E-state index in [0.29, 0.717) is 5.56 Å². The van der Waals surface area contributed by atoms with E-state index in [1.54, 1.807) is 36.4 Å². The van der Waals surface area contributed by atoms with E-state index in [2.05, 4.69) is 5.32 Å². The van der Waals surface area contributed by atoms with Gasteiger partial charge in [0.25, 0.3) is 5.91 Å². The molecule has 0 heterocycles. The quantitative estimate of drug-likeness (QED) is 0.629. The maximum absolute atomic E-state index is 12.8. The lowest BCUT2D eigenvalue weighted by Gasteiger charge is -2.13. The van der Waals surface area contributed by atoms with Crippen molar-refractivity contribution in [2.75, 3.05) is 6.61 Å². The second-order valence-corrected chi connectivity index (χ2v) is 6.87. The Balaban J connectivity index is 1.67. The number of carbonyl (C=O) groups excluding carboxylic acids is 3. The van der Waals surface area contributed by atoms with Crippen LogP contribution in [0.2, 0.25) is 0 Å². The molecule has 1 aliphatic rings. The van der Waals surface area contributed by atoms with Crippen molar-refractivity contribution in [2.24, 2.45) is 0 Å². The van der Waals surface area contributed by atoms with Gasteiger partial charge in [-0.1, -0.05) is 60.9 Å². The molecule has 140 valence electrons. The predicted molar refractivity (Wildman–Crippen MR) is 102 cm³/mol. The molecule has 0 bridgehead atoms. The van der Waals surface area contributed by atoms with E-state index in [1.165, 1.54) is 0 Å². The zero-order chi connectivity index (χ0) is 19.2. The Morgan fingerprint density at radius 2 is 1.59 bits per heavy atom. The molecule has 5 nitrogen and oxygen atoms in total. The smallest absolute Gasteiger partial charge is 0.339 e. The predicted octanol–water partition coefficient (Wildman–Crippen LogP) is 3.44. The first-order chi connectivity index (χ1) is 13.0. The molecule has 5 heteroatoms. The van der Waals surface area contributed by atoms with Gasteiger partial charge in [-0.2, -0.15) is 0 Å². The Labute approximate surface area is 158 Å². The Bertz CT molecular complexity index is 836. The van der Waals surface area contributed by atoms with Crippen molar-refractivity contribution >= 4 is 17.7 Å². The van der Waals surface area contributed by atoms with Crippen LogP contribution in [0.15, 0.2) is 48.5 Å². The summed E-state index contributed by atoms with van der Waals surface area (Å²) in [7, 11) is 0. The van der Waals surface area contributed by atoms with Gasteiger partial charge in [-0.15, -0.1) is 0 Å². The summed E-state index contributed by atoms with van der Waals surface area (Å²) in [5, 5.41) is 2.87. The third-order valence-corrected chi connectivity index (χ3v) is 4.76. The first kappa shape index (κ1) is 18.8. The van der Waals surface area contributed by atoms with Crippen LogP contribution < -0.4 is 5.32 Å². The number of rotatable bonds is 6. The highest BCUT2D eigenvalue weighted by Crippen LogP contribution is 2.18. The summed E-state index contributed by atoms with van der Waals surface area (Å²) < 4.78 is 5.14. The Kier molecular flexibility index (Phi) is 6.01. The van der Waals surface area contributed by atoms with Gasteiger partial charge in [0.05, 0.1) is 5.56 Å². The second-order valence-electron chi connectivity index (χ2n) is 6.87. The van der Waals surface area contributed by atoms with Crippen molar-refractivity contribution in [1.82, 2.24) is 5.32 Å². The Morgan fingerprint density at radius 3 is 2.26 bits per heavy atom. The van der Waals surface area contributed by atoms with Gasteiger partial charge in [-0.3, -0.25) is 9.59 Å². The van der Waals surface area contributed by atoms with Crippen molar-refractivity contribution in [3.05, 3.63) is 70.8 Å². The molecule has 0 unspecified atom stereocenters. The summed E-state index contributed by atoms with van der Waals surface area (Å²) in [5.74, 6) is -1.23. The molecule has 27 heavy (non-hydrogen) atoms. The molecule has 1 N–H and O–H groups in total. The Hall–Kier alpha value is -2.95. The van der Waals surface area contributed by atoms with Crippen molar-refractivity contribution in [3.8, 4) is 0 Å². The third-order valence-electron chi connectivity index (χ3n) is 4.76. The fourth-order valence-corrected chi connectivity index (χ4v) is 3.27. The number of carbonyl (C=O) groups is 3. The SMILES string of the molecule is Cc1ccc(C(=O)c2ccccc2C(=O)OCC(=O)NC2CCCC2)cc1. The van der Waals surface area contributed by atoms with Crippen LogP contribution in [-0.2, 0) is 9.53 Å². The lowest BCUT2D eigenvalue weighted by atomic mass is 9.98. The molecule has 0 aromatic heterocycles. The molecule has 1 amide bonds. The molecule has 0 spiro atoms. The lowest BCUT2D eigenvalue weighted by molar-refractivity contribution is -0.124. The molecular formula is C22H23NO4. The molecule has 2 aromatic carbocycles. The number of aryl methyl sites for hydroxylation is 1. The number of amides is 1. The maximum Gasteiger partial charge on any atom is 0.339 e. The molecular weight excluding hydrogens is 342 g/mol. The highest BCUT2D eigenvalue weighted by Gasteiger charge is 2.21. The van der Waals surface area contributed by atoms with Crippen molar-refractivity contribution in [1.29, 1.82) is 0 Å². The summed E-state index contributed by atoms with van der Waals surface area (Å²) in [6.07, 6.45) is 4.15. The van der Waals surface area contributed by atoms with E-state index in [9.17, 15) is 14.4 Å². The summed E-state index contributed by atoms with van der Waals surface area (Å²) in [4.78, 5) is 37.2. The van der Waals surface area contributed by atoms with E-state index >= 15 is 0 Å². The highest BCUT2D eigenvalue weighted by atomic mass is 16.5. The minimum absolute atomic E-state index is 0.164. The van der Waals surface area contributed by atoms with E-state index in [-0.39, 0.29) is 35.5 Å². The average Bonchev–Trinajstić information content (AvgIpc) is 3.19. The van der Waals surface area contributed by atoms with Crippen LogP contribution >= 0.6 is 0 Å². The zero-order valence-electron chi connectivity index (χ0n) is 15.4. The van der Waals surface area contributed by atoms with Crippen LogP contribution in [0.1, 0.15) is 57.5 Å². The summed E-state index contributed by atoms with van der Waals surface area (Å²) in [6.45, 7) is 1.60. The molecule has 3 rings (SSSR count). The standard InChI is InChI=1S/C22H23NO4/c1-15-10-12-16(13-11-15)21(25)18-8-4-5-9-19(18)22(26)27-14-20(24)23-17-6-2-3-7-17/h4-5,8-13,17H,2-3,6-7,14H2,1H3,(H,23,24). The normalized spacial score (nSPS) is 14.0. The van der Waals surface area contributed by atoms with E-state index in [4.69, 9.17) is 4.74 Å². The molecule has 0 radical (unpaired) electrons. The number of ether oxygens (including phenoxy) is 1. The minimum atomic E-state index is -0.673. The second kappa shape index (κ2) is 8.62. The molecule has 1 aliphatic carbocycles. The monoisotopic (exact) mass is 365 g/mol. The van der Waals surface area contributed by atoms with Crippen LogP contribution in [0.4, 0.5) is 0 Å². The fraction of sp³-hybridized carbons (Fsp3) is 0.318. The molecule has 1 saturated carbocycles. The molecule has 0 atom stereocenters. The van der Waals surface area contributed by atoms with Crippen LogP contribution in [0, 0.1) is 6.92 Å². The minimum Gasteiger partial charge on any atom is -0.452 e. The number of hydrogen-bond donors (Lipinski definition) is 1. The lowest BCUT2D eigenvalue weighted by Crippen LogP contribution is -2.36. The van der Waals surface area contributed by atoms with Crippen molar-refractivity contribution in [2.45, 2.75) is 38.6 Å². The number of esters is 1. The van der Waals surface area contributed by atoms with Crippen LogP contribution in [-0.4, -0.2) is 30.3 Å². The van der Waals surface area contributed by atoms with Crippen LogP contribution in [0.3, 0.4) is 0 Å². The summed E-state index contributed by atoms with van der Waals surface area (Å²) in [5.41, 5.74) is 1.98. The van der Waals surface area contributed by atoms with Crippen LogP contribution in [0.5, 0.6) is 0 Å². The average molecular weight is 365 g/mol. The van der Waals surface area contributed by atoms with E-state index < -0.39 is 5.97 Å². The summed E-state index contributed by atoms with van der Waals surface area (Å²) in [6, 6.07) is 13.8. The highest BCUT2D eigenvalue weighted by molar-refractivity contribution is 6.14. The molecule has 1 fully saturated rings. The molecule has 0 aliphatic heterocycles. The van der Waals surface area contributed by atoms with Crippen molar-refractivity contribution in [3.63, 3.8) is 0 Å². The van der Waals surface area contributed by atoms with Gasteiger partial charge in [0.15, 0.2) is 12.4 Å². The van der Waals surface area contributed by atoms with Gasteiger partial charge >= 0.3 is 5.97 Å². The number of benzene rings is 2. The third kappa shape index (κ3) is 4.82. The molecule has 2 aromatic rings. The maximum atomic E-state index is 12.8. The first-order valence-electron chi connectivity index (χ1n) is 9.21. The molecule has 0 saturated heterocycles. The zero-order valence-corrected chi connectivity index (χ0v) is 15.4. The van der Waals surface area contributed by atoms with Gasteiger partial charge in [-0.05, 0) is 25.8 Å². The van der Waals surface area contributed by atoms with Gasteiger partial charge in [0.1, 0.15) is 0 Å². The fourth-order valence-electron chi connectivity index (χ4n) is 3.27. The van der Waals surface area contributed by atoms with Gasteiger partial charge < -0.3 is 10.1 Å². The van der Waals surface area contributed by atoms with Gasteiger partial charge in [-0.25, -0.2) is 4.79 Å².